The van der Waals surface area contributed by atoms with Crippen LogP contribution in [0.5, 0.6) is 5.75 Å². The molecule has 0 atom stereocenters. The van der Waals surface area contributed by atoms with Gasteiger partial charge in [-0.2, -0.15) is 0 Å². The average molecular weight is 383 g/mol. The number of nitrogens with one attached hydrogen (secondary N) is 2. The smallest absolute Gasteiger partial charge is 0.275 e. The molecule has 0 aliphatic carbocycles. The van der Waals surface area contributed by atoms with Crippen molar-refractivity contribution in [3.8, 4) is 5.75 Å². The largest absolute Gasteiger partial charge is 0.496 e. The van der Waals surface area contributed by atoms with E-state index >= 15 is 0 Å². The van der Waals surface area contributed by atoms with Gasteiger partial charge in [0.2, 0.25) is 0 Å². The molecule has 27 heavy (non-hydrogen) atoms. The van der Waals surface area contributed by atoms with E-state index in [0.29, 0.717) is 23.1 Å². The number of anilines is 2. The summed E-state index contributed by atoms with van der Waals surface area (Å²) in [4.78, 5) is 20.6. The SMILES string of the molecule is COc1ccccc1CCNc1cnc(C(=O)Nc2cccc(Cl)c2)cn1. The first-order chi connectivity index (χ1) is 13.2. The van der Waals surface area contributed by atoms with E-state index in [1.54, 1.807) is 31.4 Å². The van der Waals surface area contributed by atoms with Gasteiger partial charge in [-0.3, -0.25) is 4.79 Å². The molecular formula is C20H19ClN4O2. The van der Waals surface area contributed by atoms with E-state index in [4.69, 9.17) is 16.3 Å². The molecule has 7 heteroatoms. The molecule has 1 heterocycles. The maximum Gasteiger partial charge on any atom is 0.275 e. The Morgan fingerprint density at radius 2 is 1.96 bits per heavy atom. The molecule has 0 unspecified atom stereocenters. The van der Waals surface area contributed by atoms with Gasteiger partial charge in [-0.25, -0.2) is 9.97 Å². The van der Waals surface area contributed by atoms with Crippen molar-refractivity contribution in [2.24, 2.45) is 0 Å². The molecule has 2 N–H and O–H groups in total. The van der Waals surface area contributed by atoms with Crippen LogP contribution in [0.1, 0.15) is 16.1 Å². The van der Waals surface area contributed by atoms with Crippen LogP contribution in [0.2, 0.25) is 5.02 Å². The summed E-state index contributed by atoms with van der Waals surface area (Å²) >= 11 is 5.91. The molecule has 2 aromatic carbocycles. The second-order valence-corrected chi connectivity index (χ2v) is 6.18. The van der Waals surface area contributed by atoms with Crippen LogP contribution < -0.4 is 15.4 Å². The first kappa shape index (κ1) is 18.7. The quantitative estimate of drug-likeness (QED) is 0.644. The summed E-state index contributed by atoms with van der Waals surface area (Å²) in [5, 5.41) is 6.47. The van der Waals surface area contributed by atoms with Gasteiger partial charge in [0.1, 0.15) is 17.3 Å². The molecule has 0 aliphatic heterocycles. The lowest BCUT2D eigenvalue weighted by molar-refractivity contribution is 0.102. The minimum absolute atomic E-state index is 0.227. The molecule has 6 nitrogen and oxygen atoms in total. The number of ether oxygens (including phenoxy) is 1. The van der Waals surface area contributed by atoms with Crippen molar-refractivity contribution in [1.82, 2.24) is 9.97 Å². The zero-order valence-corrected chi connectivity index (χ0v) is 15.5. The number of carbonyl (C=O) groups is 1. The Kier molecular flexibility index (Phi) is 6.22. The predicted octanol–water partition coefficient (Wildman–Crippen LogP) is 4.05. The topological polar surface area (TPSA) is 76.1 Å². The lowest BCUT2D eigenvalue weighted by Gasteiger charge is -2.09. The molecule has 0 bridgehead atoms. The number of benzene rings is 2. The molecular weight excluding hydrogens is 364 g/mol. The van der Waals surface area contributed by atoms with Crippen molar-refractivity contribution >= 4 is 29.0 Å². The lowest BCUT2D eigenvalue weighted by Crippen LogP contribution is -2.15. The van der Waals surface area contributed by atoms with E-state index < -0.39 is 0 Å². The third kappa shape index (κ3) is 5.18. The van der Waals surface area contributed by atoms with Crippen molar-refractivity contribution in [2.75, 3.05) is 24.3 Å². The second-order valence-electron chi connectivity index (χ2n) is 5.74. The van der Waals surface area contributed by atoms with Gasteiger partial charge in [0.15, 0.2) is 0 Å². The molecule has 0 spiro atoms. The van der Waals surface area contributed by atoms with Crippen molar-refractivity contribution in [3.05, 3.63) is 77.2 Å². The van der Waals surface area contributed by atoms with Gasteiger partial charge in [0.25, 0.3) is 5.91 Å². The van der Waals surface area contributed by atoms with E-state index in [0.717, 1.165) is 17.7 Å². The highest BCUT2D eigenvalue weighted by Crippen LogP contribution is 2.18. The summed E-state index contributed by atoms with van der Waals surface area (Å²) in [6.07, 6.45) is 3.75. The highest BCUT2D eigenvalue weighted by atomic mass is 35.5. The summed E-state index contributed by atoms with van der Waals surface area (Å²) in [7, 11) is 1.66. The minimum Gasteiger partial charge on any atom is -0.496 e. The van der Waals surface area contributed by atoms with Crippen LogP contribution in [0.15, 0.2) is 60.9 Å². The fourth-order valence-corrected chi connectivity index (χ4v) is 2.72. The van der Waals surface area contributed by atoms with Crippen LogP contribution in [0.3, 0.4) is 0 Å². The summed E-state index contributed by atoms with van der Waals surface area (Å²) in [5.74, 6) is 1.12. The van der Waals surface area contributed by atoms with Crippen LogP contribution in [0.4, 0.5) is 11.5 Å². The monoisotopic (exact) mass is 382 g/mol. The summed E-state index contributed by atoms with van der Waals surface area (Å²) in [6, 6.07) is 14.8. The Balaban J connectivity index is 1.54. The molecule has 0 saturated carbocycles. The average Bonchev–Trinajstić information content (AvgIpc) is 2.69. The number of para-hydroxylation sites is 1. The van der Waals surface area contributed by atoms with Gasteiger partial charge in [-0.15, -0.1) is 0 Å². The van der Waals surface area contributed by atoms with Crippen molar-refractivity contribution < 1.29 is 9.53 Å². The summed E-state index contributed by atoms with van der Waals surface area (Å²) in [6.45, 7) is 0.670. The molecule has 0 radical (unpaired) electrons. The van der Waals surface area contributed by atoms with Gasteiger partial charge in [-0.05, 0) is 36.2 Å². The van der Waals surface area contributed by atoms with Crippen LogP contribution in [0.25, 0.3) is 0 Å². The summed E-state index contributed by atoms with van der Waals surface area (Å²) < 4.78 is 5.34. The molecule has 0 saturated heterocycles. The molecule has 1 amide bonds. The maximum atomic E-state index is 12.2. The summed E-state index contributed by atoms with van der Waals surface area (Å²) in [5.41, 5.74) is 1.94. The fourth-order valence-electron chi connectivity index (χ4n) is 2.53. The highest BCUT2D eigenvalue weighted by Gasteiger charge is 2.09. The molecule has 1 aromatic heterocycles. The van der Waals surface area contributed by atoms with E-state index in [1.807, 2.05) is 24.3 Å². The first-order valence-electron chi connectivity index (χ1n) is 8.40. The van der Waals surface area contributed by atoms with Gasteiger partial charge >= 0.3 is 0 Å². The van der Waals surface area contributed by atoms with Crippen LogP contribution in [-0.2, 0) is 6.42 Å². The van der Waals surface area contributed by atoms with E-state index in [9.17, 15) is 4.79 Å². The van der Waals surface area contributed by atoms with Crippen molar-refractivity contribution in [1.29, 1.82) is 0 Å². The third-order valence-electron chi connectivity index (χ3n) is 3.86. The Hall–Kier alpha value is -3.12. The molecule has 138 valence electrons. The number of hydrogen-bond acceptors (Lipinski definition) is 5. The lowest BCUT2D eigenvalue weighted by atomic mass is 10.1. The Morgan fingerprint density at radius 1 is 1.11 bits per heavy atom. The van der Waals surface area contributed by atoms with Gasteiger partial charge < -0.3 is 15.4 Å². The van der Waals surface area contributed by atoms with Crippen molar-refractivity contribution in [2.45, 2.75) is 6.42 Å². The Labute approximate surface area is 162 Å². The normalized spacial score (nSPS) is 10.3. The van der Waals surface area contributed by atoms with E-state index in [1.165, 1.54) is 12.4 Å². The molecule has 0 aliphatic rings. The number of halogens is 1. The number of rotatable bonds is 7. The number of amides is 1. The Morgan fingerprint density at radius 3 is 2.70 bits per heavy atom. The number of methoxy groups -OCH3 is 1. The van der Waals surface area contributed by atoms with Crippen LogP contribution in [0, 0.1) is 0 Å². The highest BCUT2D eigenvalue weighted by molar-refractivity contribution is 6.30. The van der Waals surface area contributed by atoms with E-state index in [-0.39, 0.29) is 11.6 Å². The molecule has 3 aromatic rings. The maximum absolute atomic E-state index is 12.2. The van der Waals surface area contributed by atoms with Gasteiger partial charge in [0.05, 0.1) is 19.5 Å². The zero-order chi connectivity index (χ0) is 19.1. The minimum atomic E-state index is -0.342. The fraction of sp³-hybridized carbons (Fsp3) is 0.150. The van der Waals surface area contributed by atoms with Crippen LogP contribution in [-0.4, -0.2) is 29.5 Å². The second kappa shape index (κ2) is 9.00. The molecule has 0 fully saturated rings. The number of hydrogen-bond donors (Lipinski definition) is 2. The standard InChI is InChI=1S/C20H19ClN4O2/c1-27-18-8-3-2-5-14(18)9-10-22-19-13-23-17(12-24-19)20(26)25-16-7-4-6-15(21)11-16/h2-8,11-13H,9-10H2,1H3,(H,22,24)(H,25,26). The van der Waals surface area contributed by atoms with Crippen LogP contribution >= 0.6 is 11.6 Å². The Bertz CT molecular complexity index is 916. The van der Waals surface area contributed by atoms with Crippen molar-refractivity contribution in [3.63, 3.8) is 0 Å². The zero-order valence-electron chi connectivity index (χ0n) is 14.8. The van der Waals surface area contributed by atoms with Gasteiger partial charge in [-0.1, -0.05) is 35.9 Å². The number of aromatic nitrogens is 2. The third-order valence-corrected chi connectivity index (χ3v) is 4.10. The van der Waals surface area contributed by atoms with Gasteiger partial charge in [0, 0.05) is 17.3 Å². The number of carbonyl (C=O) groups excluding carboxylic acids is 1. The number of nitrogens with zero attached hydrogens (tertiary/aromatic N) is 2. The van der Waals surface area contributed by atoms with E-state index in [2.05, 4.69) is 20.6 Å². The molecule has 3 rings (SSSR count). The first-order valence-corrected chi connectivity index (χ1v) is 8.78. The predicted molar refractivity (Wildman–Crippen MR) is 107 cm³/mol.